The minimum Gasteiger partial charge on any atom is -0.333 e. The largest absolute Gasteiger partial charge is 0.333 e. The summed E-state index contributed by atoms with van der Waals surface area (Å²) in [5.74, 6) is 0.154. The molecule has 0 aromatic carbocycles. The molecule has 1 amide bonds. The summed E-state index contributed by atoms with van der Waals surface area (Å²) in [4.78, 5) is 19.8. The molecule has 1 atom stereocenters. The molecule has 1 aromatic heterocycles. The van der Waals surface area contributed by atoms with Gasteiger partial charge in [-0.3, -0.25) is 4.79 Å². The second-order valence-corrected chi connectivity index (χ2v) is 5.91. The number of aryl methyl sites for hydroxylation is 2. The first-order chi connectivity index (χ1) is 8.63. The number of carbonyl (C=O) groups is 1. The molecule has 1 fully saturated rings. The summed E-state index contributed by atoms with van der Waals surface area (Å²) in [6.07, 6.45) is 2.04. The fourth-order valence-electron chi connectivity index (χ4n) is 2.24. The molecule has 1 aliphatic heterocycles. The van der Waals surface area contributed by atoms with Crippen LogP contribution >= 0.6 is 11.3 Å². The van der Waals surface area contributed by atoms with E-state index in [-0.39, 0.29) is 11.9 Å². The van der Waals surface area contributed by atoms with Gasteiger partial charge in [0, 0.05) is 25.7 Å². The summed E-state index contributed by atoms with van der Waals surface area (Å²) in [5, 5.41) is 4.39. The monoisotopic (exact) mass is 267 g/mol. The number of aromatic nitrogens is 1. The molecule has 5 heteroatoms. The van der Waals surface area contributed by atoms with Crippen LogP contribution in [0.4, 0.5) is 0 Å². The molecule has 1 unspecified atom stereocenters. The summed E-state index contributed by atoms with van der Waals surface area (Å²) in [5.41, 5.74) is 0.888. The number of hydrogen-bond acceptors (Lipinski definition) is 4. The highest BCUT2D eigenvalue weighted by Gasteiger charge is 2.26. The quantitative estimate of drug-likeness (QED) is 0.909. The van der Waals surface area contributed by atoms with Gasteiger partial charge in [0.25, 0.3) is 5.91 Å². The Morgan fingerprint density at radius 3 is 3.06 bits per heavy atom. The molecule has 2 heterocycles. The topological polar surface area (TPSA) is 45.2 Å². The number of nitrogens with zero attached hydrogens (tertiary/aromatic N) is 2. The molecule has 1 N–H and O–H groups in total. The lowest BCUT2D eigenvalue weighted by Crippen LogP contribution is -2.52. The highest BCUT2D eigenvalue weighted by atomic mass is 32.1. The summed E-state index contributed by atoms with van der Waals surface area (Å²) < 4.78 is 0. The zero-order valence-corrected chi connectivity index (χ0v) is 12.1. The van der Waals surface area contributed by atoms with Crippen molar-refractivity contribution in [2.45, 2.75) is 39.7 Å². The molecule has 0 aliphatic carbocycles. The molecule has 2 rings (SSSR count). The number of carbonyl (C=O) groups excluding carboxylic acids is 1. The van der Waals surface area contributed by atoms with Crippen LogP contribution in [0.5, 0.6) is 0 Å². The van der Waals surface area contributed by atoms with Crippen LogP contribution in [0.15, 0.2) is 0 Å². The van der Waals surface area contributed by atoms with Crippen molar-refractivity contribution in [1.82, 2.24) is 15.2 Å². The van der Waals surface area contributed by atoms with Gasteiger partial charge in [0.1, 0.15) is 4.88 Å². The van der Waals surface area contributed by atoms with Gasteiger partial charge in [0.15, 0.2) is 0 Å². The average molecular weight is 267 g/mol. The van der Waals surface area contributed by atoms with Gasteiger partial charge in [-0.05, 0) is 26.7 Å². The van der Waals surface area contributed by atoms with Gasteiger partial charge in [-0.25, -0.2) is 4.98 Å². The maximum absolute atomic E-state index is 12.5. The average Bonchev–Trinajstić information content (AvgIpc) is 2.71. The molecule has 0 bridgehead atoms. The second-order valence-electron chi connectivity index (χ2n) is 4.82. The predicted molar refractivity (Wildman–Crippen MR) is 74.2 cm³/mol. The summed E-state index contributed by atoms with van der Waals surface area (Å²) in [6.45, 7) is 8.72. The van der Waals surface area contributed by atoms with Crippen molar-refractivity contribution in [3.05, 3.63) is 15.6 Å². The molecule has 1 saturated heterocycles. The van der Waals surface area contributed by atoms with Crippen LogP contribution in [-0.2, 0) is 6.42 Å². The van der Waals surface area contributed by atoms with E-state index in [1.54, 1.807) is 11.3 Å². The van der Waals surface area contributed by atoms with E-state index < -0.39 is 0 Å². The number of hydrogen-bond donors (Lipinski definition) is 1. The van der Waals surface area contributed by atoms with Crippen molar-refractivity contribution in [3.63, 3.8) is 0 Å². The first kappa shape index (κ1) is 13.5. The molecule has 0 saturated carbocycles. The SMILES string of the molecule is CCCc1nc(C)c(C(=O)N2CCNCC2C)s1. The Labute approximate surface area is 112 Å². The van der Waals surface area contributed by atoms with Crippen molar-refractivity contribution in [2.75, 3.05) is 19.6 Å². The molecular formula is C13H21N3OS. The lowest BCUT2D eigenvalue weighted by molar-refractivity contribution is 0.0660. The number of rotatable bonds is 3. The Hall–Kier alpha value is -0.940. The third kappa shape index (κ3) is 2.72. The van der Waals surface area contributed by atoms with Crippen LogP contribution < -0.4 is 5.32 Å². The van der Waals surface area contributed by atoms with Crippen LogP contribution in [-0.4, -0.2) is 41.5 Å². The number of amides is 1. The molecule has 4 nitrogen and oxygen atoms in total. The van der Waals surface area contributed by atoms with E-state index in [1.807, 2.05) is 11.8 Å². The third-order valence-electron chi connectivity index (χ3n) is 3.26. The molecule has 0 radical (unpaired) electrons. The Kier molecular flexibility index (Phi) is 4.35. The fraction of sp³-hybridized carbons (Fsp3) is 0.692. The summed E-state index contributed by atoms with van der Waals surface area (Å²) in [7, 11) is 0. The van der Waals surface area contributed by atoms with Crippen LogP contribution in [0.1, 0.15) is 40.6 Å². The van der Waals surface area contributed by atoms with E-state index in [0.29, 0.717) is 0 Å². The van der Waals surface area contributed by atoms with E-state index in [4.69, 9.17) is 0 Å². The van der Waals surface area contributed by atoms with Gasteiger partial charge in [-0.2, -0.15) is 0 Å². The number of thiazole rings is 1. The number of nitrogens with one attached hydrogen (secondary N) is 1. The Morgan fingerprint density at radius 2 is 2.39 bits per heavy atom. The fourth-order valence-corrected chi connectivity index (χ4v) is 3.37. The summed E-state index contributed by atoms with van der Waals surface area (Å²) >= 11 is 1.57. The van der Waals surface area contributed by atoms with E-state index in [9.17, 15) is 4.79 Å². The van der Waals surface area contributed by atoms with Crippen LogP contribution in [0.3, 0.4) is 0 Å². The van der Waals surface area contributed by atoms with E-state index >= 15 is 0 Å². The number of piperazine rings is 1. The zero-order chi connectivity index (χ0) is 13.1. The normalized spacial score (nSPS) is 20.2. The van der Waals surface area contributed by atoms with Crippen molar-refractivity contribution in [2.24, 2.45) is 0 Å². The molecule has 100 valence electrons. The maximum atomic E-state index is 12.5. The Morgan fingerprint density at radius 1 is 1.61 bits per heavy atom. The second kappa shape index (κ2) is 5.80. The standard InChI is InChI=1S/C13H21N3OS/c1-4-5-11-15-10(3)12(18-11)13(17)16-7-6-14-8-9(16)2/h9,14H,4-8H2,1-3H3. The van der Waals surface area contributed by atoms with Gasteiger partial charge >= 0.3 is 0 Å². The Bertz CT molecular complexity index is 430. The van der Waals surface area contributed by atoms with Gasteiger partial charge in [-0.15, -0.1) is 11.3 Å². The minimum atomic E-state index is 0.154. The highest BCUT2D eigenvalue weighted by molar-refractivity contribution is 7.13. The van der Waals surface area contributed by atoms with Crippen molar-refractivity contribution < 1.29 is 4.79 Å². The first-order valence-corrected chi connectivity index (χ1v) is 7.43. The van der Waals surface area contributed by atoms with Gasteiger partial charge in [0.2, 0.25) is 0 Å². The van der Waals surface area contributed by atoms with Crippen LogP contribution in [0.2, 0.25) is 0 Å². The minimum absolute atomic E-state index is 0.154. The molecule has 18 heavy (non-hydrogen) atoms. The first-order valence-electron chi connectivity index (χ1n) is 6.61. The van der Waals surface area contributed by atoms with Crippen LogP contribution in [0.25, 0.3) is 0 Å². The highest BCUT2D eigenvalue weighted by Crippen LogP contribution is 2.22. The van der Waals surface area contributed by atoms with Gasteiger partial charge in [0.05, 0.1) is 10.7 Å². The van der Waals surface area contributed by atoms with Crippen molar-refractivity contribution in [3.8, 4) is 0 Å². The maximum Gasteiger partial charge on any atom is 0.266 e. The lowest BCUT2D eigenvalue weighted by Gasteiger charge is -2.33. The van der Waals surface area contributed by atoms with Crippen molar-refractivity contribution >= 4 is 17.2 Å². The van der Waals surface area contributed by atoms with Crippen molar-refractivity contribution in [1.29, 1.82) is 0 Å². The summed E-state index contributed by atoms with van der Waals surface area (Å²) in [6, 6.07) is 0.266. The van der Waals surface area contributed by atoms with Gasteiger partial charge < -0.3 is 10.2 Å². The zero-order valence-electron chi connectivity index (χ0n) is 11.3. The molecule has 1 aromatic rings. The predicted octanol–water partition coefficient (Wildman–Crippen LogP) is 1.84. The van der Waals surface area contributed by atoms with Gasteiger partial charge in [-0.1, -0.05) is 6.92 Å². The molecule has 1 aliphatic rings. The Balaban J connectivity index is 2.17. The van der Waals surface area contributed by atoms with E-state index in [0.717, 1.165) is 48.1 Å². The molecular weight excluding hydrogens is 246 g/mol. The van der Waals surface area contributed by atoms with E-state index in [2.05, 4.69) is 24.1 Å². The van der Waals surface area contributed by atoms with E-state index in [1.165, 1.54) is 0 Å². The molecule has 0 spiro atoms. The van der Waals surface area contributed by atoms with Crippen LogP contribution in [0, 0.1) is 6.92 Å². The lowest BCUT2D eigenvalue weighted by atomic mass is 10.2. The smallest absolute Gasteiger partial charge is 0.266 e. The third-order valence-corrected chi connectivity index (χ3v) is 4.47.